The first kappa shape index (κ1) is 26.6. The zero-order chi connectivity index (χ0) is 26.6. The van der Waals surface area contributed by atoms with Crippen LogP contribution in [0.4, 0.5) is 16.3 Å². The number of aromatic nitrogens is 3. The molecule has 12 heteroatoms. The quantitative estimate of drug-likeness (QED) is 0.255. The van der Waals surface area contributed by atoms with Crippen LogP contribution in [-0.4, -0.2) is 47.8 Å². The molecule has 1 amide bonds. The maximum Gasteiger partial charge on any atom is 0.407 e. The summed E-state index contributed by atoms with van der Waals surface area (Å²) in [6.45, 7) is 5.37. The van der Waals surface area contributed by atoms with Crippen LogP contribution in [0.3, 0.4) is 0 Å². The summed E-state index contributed by atoms with van der Waals surface area (Å²) < 4.78 is 35.3. The van der Waals surface area contributed by atoms with Crippen molar-refractivity contribution in [2.45, 2.75) is 31.3 Å². The van der Waals surface area contributed by atoms with Crippen LogP contribution in [0.2, 0.25) is 0 Å². The van der Waals surface area contributed by atoms with Gasteiger partial charge in [0.15, 0.2) is 5.65 Å². The lowest BCUT2D eigenvalue weighted by Gasteiger charge is -2.19. The van der Waals surface area contributed by atoms with Gasteiger partial charge in [-0.3, -0.25) is 0 Å². The minimum atomic E-state index is -3.76. The van der Waals surface area contributed by atoms with Crippen LogP contribution >= 0.6 is 15.9 Å². The summed E-state index contributed by atoms with van der Waals surface area (Å²) >= 11 is 3.49. The molecule has 0 aliphatic rings. The van der Waals surface area contributed by atoms with Gasteiger partial charge in [-0.1, -0.05) is 30.3 Å². The molecule has 2 aromatic heterocycles. The molecule has 194 valence electrons. The maximum absolute atomic E-state index is 12.7. The van der Waals surface area contributed by atoms with Crippen molar-refractivity contribution in [3.05, 3.63) is 71.3 Å². The van der Waals surface area contributed by atoms with Crippen LogP contribution in [0.5, 0.6) is 0 Å². The minimum absolute atomic E-state index is 0.0208. The van der Waals surface area contributed by atoms with Crippen LogP contribution in [0.25, 0.3) is 16.9 Å². The number of nitrogens with one attached hydrogen (secondary N) is 3. The number of anilines is 2. The summed E-state index contributed by atoms with van der Waals surface area (Å²) in [5, 5.41) is 10.2. The van der Waals surface area contributed by atoms with Crippen molar-refractivity contribution in [2.24, 2.45) is 0 Å². The molecule has 0 saturated heterocycles. The number of amides is 1. The molecule has 0 atom stereocenters. The third-order valence-corrected chi connectivity index (χ3v) is 7.06. The van der Waals surface area contributed by atoms with Crippen molar-refractivity contribution in [3.8, 4) is 11.3 Å². The summed E-state index contributed by atoms with van der Waals surface area (Å²) in [5.74, 6) is 0.663. The first-order valence-corrected chi connectivity index (χ1v) is 13.7. The molecule has 0 unspecified atom stereocenters. The van der Waals surface area contributed by atoms with E-state index in [0.717, 1.165) is 15.7 Å². The third-order valence-electron chi connectivity index (χ3n) is 5.02. The van der Waals surface area contributed by atoms with Gasteiger partial charge < -0.3 is 15.4 Å². The second-order valence-electron chi connectivity index (χ2n) is 9.10. The van der Waals surface area contributed by atoms with Gasteiger partial charge in [0, 0.05) is 30.4 Å². The van der Waals surface area contributed by atoms with Crippen molar-refractivity contribution in [3.63, 3.8) is 0 Å². The van der Waals surface area contributed by atoms with E-state index in [1.165, 1.54) is 12.1 Å². The molecular formula is C25H27BrN6O4S. The van der Waals surface area contributed by atoms with Crippen LogP contribution < -0.4 is 15.4 Å². The average Bonchev–Trinajstić information content (AvgIpc) is 3.22. The number of sulfonamides is 1. The number of carbonyl (C=O) groups excluding carboxylic acids is 1. The van der Waals surface area contributed by atoms with Gasteiger partial charge in [0.2, 0.25) is 10.0 Å². The molecule has 4 rings (SSSR count). The fourth-order valence-corrected chi connectivity index (χ4v) is 4.77. The Kier molecular flexibility index (Phi) is 7.81. The molecule has 2 aromatic carbocycles. The largest absolute Gasteiger partial charge is 0.444 e. The number of carbonyl (C=O) groups is 1. The van der Waals surface area contributed by atoms with E-state index in [0.29, 0.717) is 17.2 Å². The monoisotopic (exact) mass is 586 g/mol. The zero-order valence-electron chi connectivity index (χ0n) is 20.5. The second-order valence-corrected chi connectivity index (χ2v) is 11.7. The summed E-state index contributed by atoms with van der Waals surface area (Å²) in [6.07, 6.45) is 1.06. The number of hydrogen-bond acceptors (Lipinski definition) is 7. The number of halogens is 1. The van der Waals surface area contributed by atoms with E-state index in [4.69, 9.17) is 9.72 Å². The van der Waals surface area contributed by atoms with E-state index in [-0.39, 0.29) is 18.0 Å². The molecule has 4 aromatic rings. The van der Waals surface area contributed by atoms with E-state index in [1.54, 1.807) is 43.6 Å². The fourth-order valence-electron chi connectivity index (χ4n) is 3.39. The van der Waals surface area contributed by atoms with E-state index in [2.05, 4.69) is 36.4 Å². The van der Waals surface area contributed by atoms with E-state index >= 15 is 0 Å². The van der Waals surface area contributed by atoms with Crippen molar-refractivity contribution in [2.75, 3.05) is 18.4 Å². The molecule has 2 heterocycles. The first-order valence-electron chi connectivity index (χ1n) is 11.5. The summed E-state index contributed by atoms with van der Waals surface area (Å²) in [6, 6.07) is 18.0. The predicted octanol–water partition coefficient (Wildman–Crippen LogP) is 4.71. The van der Waals surface area contributed by atoms with Gasteiger partial charge in [0.1, 0.15) is 11.4 Å². The SMILES string of the molecule is CC(C)(C)OC(=O)NCCNS(=O)(=O)c1ccc(Nc2cc(-c3ccccc3)nc3c(Br)cnn23)cc1. The van der Waals surface area contributed by atoms with Gasteiger partial charge in [-0.25, -0.2) is 22.9 Å². The number of rotatable bonds is 8. The smallest absolute Gasteiger partial charge is 0.407 e. The van der Waals surface area contributed by atoms with E-state index in [9.17, 15) is 13.2 Å². The molecule has 0 fully saturated rings. The number of nitrogens with zero attached hydrogens (tertiary/aromatic N) is 3. The highest BCUT2D eigenvalue weighted by molar-refractivity contribution is 9.10. The highest BCUT2D eigenvalue weighted by atomic mass is 79.9. The Balaban J connectivity index is 1.45. The Hall–Kier alpha value is -3.48. The number of benzene rings is 2. The minimum Gasteiger partial charge on any atom is -0.444 e. The van der Waals surface area contributed by atoms with Crippen LogP contribution in [0.15, 0.2) is 76.2 Å². The van der Waals surface area contributed by atoms with Crippen LogP contribution in [0, 0.1) is 0 Å². The Morgan fingerprint density at radius 3 is 2.43 bits per heavy atom. The predicted molar refractivity (Wildman–Crippen MR) is 145 cm³/mol. The Morgan fingerprint density at radius 2 is 1.76 bits per heavy atom. The highest BCUT2D eigenvalue weighted by Gasteiger charge is 2.17. The lowest BCUT2D eigenvalue weighted by atomic mass is 10.1. The van der Waals surface area contributed by atoms with Gasteiger partial charge in [-0.05, 0) is 61.0 Å². The molecule has 37 heavy (non-hydrogen) atoms. The third kappa shape index (κ3) is 6.85. The summed E-state index contributed by atoms with van der Waals surface area (Å²) in [4.78, 5) is 16.5. The average molecular weight is 588 g/mol. The number of ether oxygens (including phenoxy) is 1. The molecule has 0 bridgehead atoms. The fraction of sp³-hybridized carbons (Fsp3) is 0.240. The topological polar surface area (TPSA) is 127 Å². The van der Waals surface area contributed by atoms with Crippen LogP contribution in [-0.2, 0) is 14.8 Å². The number of fused-ring (bicyclic) bond motifs is 1. The van der Waals surface area contributed by atoms with E-state index < -0.39 is 21.7 Å². The Bertz CT molecular complexity index is 1500. The van der Waals surface area contributed by atoms with Gasteiger partial charge in [-0.15, -0.1) is 0 Å². The van der Waals surface area contributed by atoms with Crippen molar-refractivity contribution in [1.29, 1.82) is 0 Å². The Morgan fingerprint density at radius 1 is 1.05 bits per heavy atom. The van der Waals surface area contributed by atoms with Crippen molar-refractivity contribution >= 4 is 49.2 Å². The molecule has 0 saturated carbocycles. The molecule has 0 aliphatic heterocycles. The summed E-state index contributed by atoms with van der Waals surface area (Å²) in [7, 11) is -3.76. The van der Waals surface area contributed by atoms with Gasteiger partial charge in [-0.2, -0.15) is 9.61 Å². The highest BCUT2D eigenvalue weighted by Crippen LogP contribution is 2.28. The molecular weight excluding hydrogens is 560 g/mol. The number of hydrogen-bond donors (Lipinski definition) is 3. The van der Waals surface area contributed by atoms with Crippen molar-refractivity contribution < 1.29 is 17.9 Å². The molecule has 10 nitrogen and oxygen atoms in total. The van der Waals surface area contributed by atoms with Crippen molar-refractivity contribution in [1.82, 2.24) is 24.6 Å². The first-order chi connectivity index (χ1) is 17.5. The van der Waals surface area contributed by atoms with E-state index in [1.807, 2.05) is 36.4 Å². The van der Waals surface area contributed by atoms with Gasteiger partial charge in [0.25, 0.3) is 0 Å². The zero-order valence-corrected chi connectivity index (χ0v) is 22.9. The normalized spacial score (nSPS) is 11.9. The van der Waals surface area contributed by atoms with Crippen LogP contribution in [0.1, 0.15) is 20.8 Å². The molecule has 0 radical (unpaired) electrons. The molecule has 3 N–H and O–H groups in total. The van der Waals surface area contributed by atoms with Gasteiger partial charge in [0.05, 0.1) is 21.3 Å². The lowest BCUT2D eigenvalue weighted by molar-refractivity contribution is 0.0529. The molecule has 0 spiro atoms. The molecule has 0 aliphatic carbocycles. The maximum atomic E-state index is 12.7. The second kappa shape index (κ2) is 10.9. The van der Waals surface area contributed by atoms with Gasteiger partial charge >= 0.3 is 6.09 Å². The summed E-state index contributed by atoms with van der Waals surface area (Å²) in [5.41, 5.74) is 2.41. The standard InChI is InChI=1S/C25H27BrN6O4S/c1-25(2,3)36-24(33)27-13-14-29-37(34,35)19-11-9-18(10-12-19)30-22-15-21(17-7-5-4-6-8-17)31-23-20(26)16-28-32(22)23/h4-12,15-16,29-30H,13-14H2,1-3H3,(H,27,33). The Labute approximate surface area is 223 Å². The number of alkyl carbamates (subject to hydrolysis) is 1. The lowest BCUT2D eigenvalue weighted by Crippen LogP contribution is -2.37.